The summed E-state index contributed by atoms with van der Waals surface area (Å²) in [6.45, 7) is 1.85. The third-order valence-corrected chi connectivity index (χ3v) is 1.27. The minimum atomic E-state index is 0.688. The molecular formula is C5H14Cl2N2O. The van der Waals surface area contributed by atoms with Crippen molar-refractivity contribution >= 4 is 23.2 Å². The third kappa shape index (κ3) is 11.3. The van der Waals surface area contributed by atoms with Crippen molar-refractivity contribution < 1.29 is 5.21 Å². The molecule has 0 aromatic rings. The number of nitrogens with two attached hydrogens (primary N) is 1. The van der Waals surface area contributed by atoms with Gasteiger partial charge in [-0.05, 0) is 7.05 Å². The van der Waals surface area contributed by atoms with E-state index in [4.69, 9.17) is 28.4 Å². The Kier molecular flexibility index (Phi) is 15.9. The lowest BCUT2D eigenvalue weighted by atomic mass is 10.6. The van der Waals surface area contributed by atoms with Crippen molar-refractivity contribution in [2.75, 3.05) is 31.9 Å². The highest BCUT2D eigenvalue weighted by atomic mass is 35.5. The van der Waals surface area contributed by atoms with Crippen molar-refractivity contribution in [3.8, 4) is 0 Å². The molecular weight excluding hydrogens is 175 g/mol. The standard InChI is InChI=1S/C5H11Cl2N.H3NO/c1-8(4-2-6)5-3-7;1-2/h2-5H2,1H3;2H,1H2. The first-order valence-corrected chi connectivity index (χ1v) is 3.94. The first kappa shape index (κ1) is 13.1. The molecule has 10 heavy (non-hydrogen) atoms. The summed E-state index contributed by atoms with van der Waals surface area (Å²) in [5, 5.41) is 6.50. The van der Waals surface area contributed by atoms with Gasteiger partial charge in [0.1, 0.15) is 0 Å². The molecule has 0 unspecified atom stereocenters. The zero-order valence-electron chi connectivity index (χ0n) is 6.06. The fourth-order valence-corrected chi connectivity index (χ4v) is 0.977. The van der Waals surface area contributed by atoms with Crippen LogP contribution in [0.5, 0.6) is 0 Å². The largest absolute Gasteiger partial charge is 0.320 e. The summed E-state index contributed by atoms with van der Waals surface area (Å²) in [6.07, 6.45) is 0. The van der Waals surface area contributed by atoms with E-state index in [2.05, 4.69) is 10.8 Å². The quantitative estimate of drug-likeness (QED) is 0.506. The second-order valence-corrected chi connectivity index (χ2v) is 2.44. The van der Waals surface area contributed by atoms with Crippen LogP contribution in [0, 0.1) is 0 Å². The molecule has 0 saturated carbocycles. The minimum absolute atomic E-state index is 0.688. The number of hydrogen-bond donors (Lipinski definition) is 2. The van der Waals surface area contributed by atoms with Crippen LogP contribution >= 0.6 is 23.2 Å². The molecule has 0 aromatic carbocycles. The maximum Gasteiger partial charge on any atom is 0.0351 e. The van der Waals surface area contributed by atoms with E-state index in [-0.39, 0.29) is 0 Å². The highest BCUT2D eigenvalue weighted by Gasteiger charge is 1.92. The summed E-state index contributed by atoms with van der Waals surface area (Å²) in [4.78, 5) is 2.10. The Morgan fingerprint density at radius 1 is 1.20 bits per heavy atom. The molecule has 0 amide bonds. The normalized spacial score (nSPS) is 9.00. The molecule has 0 atom stereocenters. The van der Waals surface area contributed by atoms with Gasteiger partial charge in [0, 0.05) is 24.8 Å². The zero-order chi connectivity index (χ0) is 8.41. The summed E-state index contributed by atoms with van der Waals surface area (Å²) in [6, 6.07) is 0. The summed E-state index contributed by atoms with van der Waals surface area (Å²) in [5.74, 6) is 4.88. The monoisotopic (exact) mass is 188 g/mol. The van der Waals surface area contributed by atoms with E-state index >= 15 is 0 Å². The fourth-order valence-electron chi connectivity index (χ4n) is 0.400. The van der Waals surface area contributed by atoms with Crippen LogP contribution in [0.3, 0.4) is 0 Å². The molecule has 0 rings (SSSR count). The topological polar surface area (TPSA) is 49.5 Å². The van der Waals surface area contributed by atoms with Gasteiger partial charge in [-0.3, -0.25) is 0 Å². The predicted octanol–water partition coefficient (Wildman–Crippen LogP) is 0.730. The molecule has 0 bridgehead atoms. The van der Waals surface area contributed by atoms with Crippen molar-refractivity contribution in [3.05, 3.63) is 0 Å². The van der Waals surface area contributed by atoms with Crippen LogP contribution in [0.25, 0.3) is 0 Å². The average molecular weight is 189 g/mol. The van der Waals surface area contributed by atoms with Crippen LogP contribution in [-0.4, -0.2) is 42.0 Å². The number of alkyl halides is 2. The Morgan fingerprint density at radius 3 is 1.70 bits per heavy atom. The molecule has 0 aromatic heterocycles. The molecule has 0 aliphatic rings. The molecule has 0 fully saturated rings. The highest BCUT2D eigenvalue weighted by Crippen LogP contribution is 1.85. The molecule has 0 saturated heterocycles. The Hall–Kier alpha value is 0.460. The SMILES string of the molecule is CN(CCCl)CCCl.NO. The summed E-state index contributed by atoms with van der Waals surface area (Å²) >= 11 is 10.9. The molecule has 3 N–H and O–H groups in total. The van der Waals surface area contributed by atoms with E-state index in [0.29, 0.717) is 11.8 Å². The van der Waals surface area contributed by atoms with Crippen molar-refractivity contribution in [1.29, 1.82) is 0 Å². The lowest BCUT2D eigenvalue weighted by molar-refractivity contribution is 0.311. The summed E-state index contributed by atoms with van der Waals surface area (Å²) in [7, 11) is 2.00. The van der Waals surface area contributed by atoms with E-state index in [1.54, 1.807) is 0 Å². The van der Waals surface area contributed by atoms with E-state index in [1.165, 1.54) is 0 Å². The van der Waals surface area contributed by atoms with Crippen molar-refractivity contribution in [3.63, 3.8) is 0 Å². The maximum atomic E-state index is 6.50. The zero-order valence-corrected chi connectivity index (χ0v) is 7.57. The fraction of sp³-hybridized carbons (Fsp3) is 1.00. The second kappa shape index (κ2) is 12.2. The first-order valence-electron chi connectivity index (χ1n) is 2.87. The van der Waals surface area contributed by atoms with Gasteiger partial charge in [-0.2, -0.15) is 0 Å². The Labute approximate surface area is 71.7 Å². The summed E-state index contributed by atoms with van der Waals surface area (Å²) in [5.41, 5.74) is 0. The van der Waals surface area contributed by atoms with Gasteiger partial charge < -0.3 is 10.1 Å². The van der Waals surface area contributed by atoms with Crippen molar-refractivity contribution in [2.24, 2.45) is 5.90 Å². The third-order valence-electron chi connectivity index (χ3n) is 0.932. The highest BCUT2D eigenvalue weighted by molar-refractivity contribution is 6.18. The van der Waals surface area contributed by atoms with Crippen LogP contribution in [0.15, 0.2) is 0 Å². The number of rotatable bonds is 4. The average Bonchev–Trinajstić information content (AvgIpc) is 1.93. The molecule has 0 spiro atoms. The van der Waals surface area contributed by atoms with Crippen LogP contribution in [0.2, 0.25) is 0 Å². The van der Waals surface area contributed by atoms with Crippen LogP contribution in [0.4, 0.5) is 0 Å². The molecule has 0 heterocycles. The lowest BCUT2D eigenvalue weighted by Crippen LogP contribution is -2.22. The number of hydrogen-bond acceptors (Lipinski definition) is 3. The van der Waals surface area contributed by atoms with Crippen molar-refractivity contribution in [2.45, 2.75) is 0 Å². The Morgan fingerprint density at radius 2 is 1.50 bits per heavy atom. The molecule has 64 valence electrons. The van der Waals surface area contributed by atoms with Crippen molar-refractivity contribution in [1.82, 2.24) is 4.90 Å². The number of halogens is 2. The molecule has 0 aliphatic heterocycles. The van der Waals surface area contributed by atoms with E-state index in [9.17, 15) is 0 Å². The molecule has 5 heteroatoms. The second-order valence-electron chi connectivity index (χ2n) is 1.68. The summed E-state index contributed by atoms with van der Waals surface area (Å²) < 4.78 is 0. The van der Waals surface area contributed by atoms with Gasteiger partial charge in [-0.15, -0.1) is 23.2 Å². The first-order chi connectivity index (χ1) is 4.81. The smallest absolute Gasteiger partial charge is 0.0351 e. The predicted molar refractivity (Wildman–Crippen MR) is 44.9 cm³/mol. The van der Waals surface area contributed by atoms with Gasteiger partial charge in [0.05, 0.1) is 0 Å². The maximum absolute atomic E-state index is 6.50. The van der Waals surface area contributed by atoms with E-state index < -0.39 is 0 Å². The Bertz CT molecular complexity index is 50.9. The molecule has 0 aliphatic carbocycles. The van der Waals surface area contributed by atoms with Gasteiger partial charge in [0.2, 0.25) is 0 Å². The van der Waals surface area contributed by atoms with Gasteiger partial charge in [-0.25, -0.2) is 5.90 Å². The van der Waals surface area contributed by atoms with Crippen LogP contribution in [-0.2, 0) is 0 Å². The van der Waals surface area contributed by atoms with Gasteiger partial charge in [0.15, 0.2) is 0 Å². The van der Waals surface area contributed by atoms with E-state index in [1.807, 2.05) is 7.05 Å². The van der Waals surface area contributed by atoms with Crippen LogP contribution in [0.1, 0.15) is 0 Å². The lowest BCUT2D eigenvalue weighted by Gasteiger charge is -2.11. The Balaban J connectivity index is 0. The molecule has 0 radical (unpaired) electrons. The number of nitrogens with zero attached hydrogens (tertiary/aromatic N) is 1. The van der Waals surface area contributed by atoms with Gasteiger partial charge >= 0.3 is 0 Å². The van der Waals surface area contributed by atoms with Gasteiger partial charge in [-0.1, -0.05) is 0 Å². The minimum Gasteiger partial charge on any atom is -0.320 e. The molecule has 3 nitrogen and oxygen atoms in total. The van der Waals surface area contributed by atoms with Gasteiger partial charge in [0.25, 0.3) is 0 Å². The van der Waals surface area contributed by atoms with E-state index in [0.717, 1.165) is 13.1 Å². The van der Waals surface area contributed by atoms with Crippen LogP contribution < -0.4 is 5.90 Å².